The van der Waals surface area contributed by atoms with Gasteiger partial charge in [0.05, 0.1) is 25.0 Å². The van der Waals surface area contributed by atoms with Crippen LogP contribution in [0.5, 0.6) is 5.75 Å². The number of benzene rings is 1. The molecule has 0 radical (unpaired) electrons. The second-order valence-corrected chi connectivity index (χ2v) is 19.5. The average molecular weight is 1120 g/mol. The Labute approximate surface area is 458 Å². The summed E-state index contributed by atoms with van der Waals surface area (Å²) in [6.07, 6.45) is 9.04. The molecule has 0 aliphatic carbocycles. The number of guanidine groups is 1. The molecule has 0 aliphatic rings. The Kier molecular flexibility index (Phi) is 25.7. The first kappa shape index (κ1) is 63.0. The summed E-state index contributed by atoms with van der Waals surface area (Å²) in [7, 11) is 0. The van der Waals surface area contributed by atoms with Crippen LogP contribution in [0.3, 0.4) is 0 Å². The third kappa shape index (κ3) is 21.8. The SMILES string of the molecule is CC[C@H](C)[C@H](NC(=O)[C@H](Cc1cnc[nH]1)NC(=O)[C@@H](N)CCC(=O)O)C(=O)N[C@@H](Cc1ccc(O)cc1)C(=O)N[C@@H](Cc1cnc[nH]1)C(=O)N[C@@H](CCCN=C(N)N)C(=O)N[C@@H](Cc1cnc[nH]1)C(=O)N[C@@H](CCSC)C(=O)O. The quantitative estimate of drug-likeness (QED) is 0.0127. The number of rotatable bonds is 35. The summed E-state index contributed by atoms with van der Waals surface area (Å²) in [5, 5.41) is 47.5. The molecule has 0 aliphatic heterocycles. The maximum absolute atomic E-state index is 14.7. The molecule has 0 fully saturated rings. The summed E-state index contributed by atoms with van der Waals surface area (Å²) in [6.45, 7) is 3.44. The van der Waals surface area contributed by atoms with Crippen LogP contribution >= 0.6 is 11.8 Å². The smallest absolute Gasteiger partial charge is 0.326 e. The van der Waals surface area contributed by atoms with Crippen molar-refractivity contribution in [1.29, 1.82) is 0 Å². The van der Waals surface area contributed by atoms with E-state index in [1.54, 1.807) is 20.1 Å². The second kappa shape index (κ2) is 32.3. The van der Waals surface area contributed by atoms with Crippen LogP contribution in [0.1, 0.15) is 75.0 Å². The Morgan fingerprint density at radius 3 is 1.49 bits per heavy atom. The van der Waals surface area contributed by atoms with Gasteiger partial charge in [-0.25, -0.2) is 19.7 Å². The number of carboxylic acid groups (broad SMARTS) is 2. The number of imidazole rings is 3. The second-order valence-electron chi connectivity index (χ2n) is 18.6. The van der Waals surface area contributed by atoms with E-state index in [1.165, 1.54) is 73.6 Å². The molecule has 0 spiro atoms. The molecule has 29 nitrogen and oxygen atoms in total. The molecule has 0 saturated carbocycles. The number of phenols is 1. The summed E-state index contributed by atoms with van der Waals surface area (Å²) in [6, 6.07) is -5.35. The maximum Gasteiger partial charge on any atom is 0.326 e. The molecule has 0 saturated heterocycles. The van der Waals surface area contributed by atoms with Crippen molar-refractivity contribution in [3.63, 3.8) is 0 Å². The summed E-state index contributed by atoms with van der Waals surface area (Å²) in [5.74, 6) is -9.01. The molecule has 4 rings (SSSR count). The third-order valence-corrected chi connectivity index (χ3v) is 13.1. The van der Waals surface area contributed by atoms with Gasteiger partial charge in [-0.3, -0.25) is 43.3 Å². The summed E-state index contributed by atoms with van der Waals surface area (Å²) in [4.78, 5) is 147. The Hall–Kier alpha value is -8.54. The fourth-order valence-electron chi connectivity index (χ4n) is 7.81. The Balaban J connectivity index is 1.66. The van der Waals surface area contributed by atoms with E-state index in [0.717, 1.165) is 0 Å². The van der Waals surface area contributed by atoms with E-state index in [2.05, 4.69) is 72.1 Å². The lowest BCUT2D eigenvalue weighted by Crippen LogP contribution is -2.61. The zero-order valence-corrected chi connectivity index (χ0v) is 44.7. The van der Waals surface area contributed by atoms with Crippen LogP contribution in [0.15, 0.2) is 66.8 Å². The minimum Gasteiger partial charge on any atom is -0.508 e. The first-order chi connectivity index (χ1) is 37.7. The largest absolute Gasteiger partial charge is 0.508 e. The molecule has 79 heavy (non-hydrogen) atoms. The van der Waals surface area contributed by atoms with Gasteiger partial charge in [0.25, 0.3) is 0 Å². The number of hydrogen-bond acceptors (Lipinski definition) is 16. The fraction of sp³-hybridized carbons (Fsp3) is 0.490. The molecule has 30 heteroatoms. The minimum atomic E-state index is -1.50. The van der Waals surface area contributed by atoms with Crippen molar-refractivity contribution < 1.29 is 58.5 Å². The Bertz CT molecular complexity index is 2640. The number of carbonyl (C=O) groups is 9. The van der Waals surface area contributed by atoms with Gasteiger partial charge in [0, 0.05) is 74.3 Å². The number of aliphatic carboxylic acids is 2. The molecular weight excluding hydrogens is 1050 g/mol. The van der Waals surface area contributed by atoms with Crippen LogP contribution in [-0.2, 0) is 68.8 Å². The van der Waals surface area contributed by atoms with Crippen molar-refractivity contribution in [2.45, 2.75) is 126 Å². The van der Waals surface area contributed by atoms with Gasteiger partial charge >= 0.3 is 11.9 Å². The summed E-state index contributed by atoms with van der Waals surface area (Å²) < 4.78 is 0. The first-order valence-corrected chi connectivity index (χ1v) is 26.6. The van der Waals surface area contributed by atoms with E-state index >= 15 is 0 Å². The highest BCUT2D eigenvalue weighted by Gasteiger charge is 2.36. The molecule has 3 aromatic heterocycles. The summed E-state index contributed by atoms with van der Waals surface area (Å²) in [5.41, 5.74) is 18.7. The monoisotopic (exact) mass is 1120 g/mol. The number of thioether (sulfide) groups is 1. The van der Waals surface area contributed by atoms with Crippen molar-refractivity contribution >= 4 is 71.0 Å². The number of aromatic amines is 3. The Morgan fingerprint density at radius 1 is 0.608 bits per heavy atom. The predicted molar refractivity (Wildman–Crippen MR) is 287 cm³/mol. The van der Waals surface area contributed by atoms with E-state index in [4.69, 9.17) is 22.3 Å². The molecule has 430 valence electrons. The van der Waals surface area contributed by atoms with Crippen molar-refractivity contribution in [1.82, 2.24) is 67.1 Å². The molecule has 0 unspecified atom stereocenters. The van der Waals surface area contributed by atoms with E-state index in [-0.39, 0.29) is 69.6 Å². The fourth-order valence-corrected chi connectivity index (χ4v) is 8.29. The van der Waals surface area contributed by atoms with Crippen molar-refractivity contribution in [2.24, 2.45) is 28.1 Å². The van der Waals surface area contributed by atoms with Gasteiger partial charge in [0.2, 0.25) is 41.4 Å². The lowest BCUT2D eigenvalue weighted by Gasteiger charge is -2.29. The van der Waals surface area contributed by atoms with Gasteiger partial charge < -0.3 is 84.7 Å². The Morgan fingerprint density at radius 2 is 1.05 bits per heavy atom. The van der Waals surface area contributed by atoms with E-state index in [0.29, 0.717) is 34.8 Å². The number of carbonyl (C=O) groups excluding carboxylic acids is 7. The van der Waals surface area contributed by atoms with Crippen LogP contribution in [0.25, 0.3) is 0 Å². The zero-order valence-electron chi connectivity index (χ0n) is 43.9. The number of nitrogens with one attached hydrogen (secondary N) is 10. The zero-order chi connectivity index (χ0) is 58.0. The lowest BCUT2D eigenvalue weighted by molar-refractivity contribution is -0.142. The molecule has 7 amide bonds. The highest BCUT2D eigenvalue weighted by Crippen LogP contribution is 2.15. The van der Waals surface area contributed by atoms with Crippen LogP contribution in [0.2, 0.25) is 0 Å². The highest BCUT2D eigenvalue weighted by molar-refractivity contribution is 7.98. The number of aliphatic imine (C=N–C) groups is 1. The number of nitrogens with two attached hydrogens (primary N) is 3. The van der Waals surface area contributed by atoms with E-state index < -0.39 is 114 Å². The number of nitrogens with zero attached hydrogens (tertiary/aromatic N) is 4. The average Bonchev–Trinajstić information content (AvgIpc) is 4.27. The van der Waals surface area contributed by atoms with Gasteiger partial charge in [0.15, 0.2) is 5.96 Å². The van der Waals surface area contributed by atoms with Crippen molar-refractivity contribution in [3.05, 3.63) is 84.5 Å². The van der Waals surface area contributed by atoms with Crippen LogP contribution < -0.4 is 54.4 Å². The van der Waals surface area contributed by atoms with Crippen LogP contribution in [0, 0.1) is 5.92 Å². The maximum atomic E-state index is 14.7. The molecule has 0 bridgehead atoms. The van der Waals surface area contributed by atoms with E-state index in [1.807, 2.05) is 0 Å². The normalized spacial score (nSPS) is 14.5. The standard InChI is InChI=1S/C49H71N17O12S/c1-4-26(2)40(66-46(75)38(19-30-22-55-25-59-30)62-41(70)32(50)11-12-39(68)69)47(76)65-35(16-27-7-9-31(67)10-8-27)43(72)64-36(17-28-20-53-23-57-28)44(73)60-33(6-5-14-56-49(51)52)42(71)63-37(18-29-21-54-24-58-29)45(74)61-34(48(77)78)13-15-79-3/h7-10,20-26,32-38,40,67H,4-6,11-19,50H2,1-3H3,(H,53,57)(H,54,58)(H,55,59)(H,60,73)(H,61,74)(H,62,70)(H,63,71)(H,64,72)(H,65,76)(H,66,75)(H,68,69)(H,77,78)(H4,51,52,56)/t26-,32-,33-,34-,35-,36-,37-,38-,40-/m0/s1. The highest BCUT2D eigenvalue weighted by atomic mass is 32.2. The topological polar surface area (TPSA) is 475 Å². The number of amides is 7. The molecule has 19 N–H and O–H groups in total. The molecule has 9 atom stereocenters. The van der Waals surface area contributed by atoms with Gasteiger partial charge in [-0.05, 0) is 61.3 Å². The number of phenolic OH excluding ortho intramolecular Hbond substituents is 1. The lowest BCUT2D eigenvalue weighted by atomic mass is 9.96. The number of H-pyrrole nitrogens is 3. The molecule has 4 aromatic rings. The van der Waals surface area contributed by atoms with Crippen LogP contribution in [0.4, 0.5) is 0 Å². The number of hydrogen-bond donors (Lipinski definition) is 16. The first-order valence-electron chi connectivity index (χ1n) is 25.2. The van der Waals surface area contributed by atoms with Gasteiger partial charge in [-0.1, -0.05) is 32.4 Å². The summed E-state index contributed by atoms with van der Waals surface area (Å²) >= 11 is 1.38. The van der Waals surface area contributed by atoms with Crippen molar-refractivity contribution in [3.8, 4) is 5.75 Å². The molecular formula is C49H71N17O12S. The molecule has 1 aromatic carbocycles. The number of carboxylic acids is 2. The predicted octanol–water partition coefficient (Wildman–Crippen LogP) is -2.64. The number of aromatic nitrogens is 6. The van der Waals surface area contributed by atoms with Gasteiger partial charge in [-0.15, -0.1) is 0 Å². The number of aromatic hydroxyl groups is 1. The van der Waals surface area contributed by atoms with Crippen LogP contribution in [-0.4, -0.2) is 171 Å². The van der Waals surface area contributed by atoms with Gasteiger partial charge in [0.1, 0.15) is 48.0 Å². The minimum absolute atomic E-state index is 0.0170. The van der Waals surface area contributed by atoms with Gasteiger partial charge in [-0.2, -0.15) is 11.8 Å². The van der Waals surface area contributed by atoms with E-state index in [9.17, 15) is 53.4 Å². The third-order valence-electron chi connectivity index (χ3n) is 12.4. The van der Waals surface area contributed by atoms with Crippen molar-refractivity contribution in [2.75, 3.05) is 18.6 Å². The molecule has 3 heterocycles.